The number of hydrogen-bond acceptors (Lipinski definition) is 4. The average Bonchev–Trinajstić information content (AvgIpc) is 2.73. The molecule has 1 heterocycles. The fraction of sp³-hybridized carbons (Fsp3) is 0.261. The van der Waals surface area contributed by atoms with Gasteiger partial charge in [0.15, 0.2) is 0 Å². The summed E-state index contributed by atoms with van der Waals surface area (Å²) in [6, 6.07) is 19.3. The molecular weight excluding hydrogens is 350 g/mol. The number of anilines is 1. The molecule has 136 valence electrons. The molecule has 0 saturated carbocycles. The summed E-state index contributed by atoms with van der Waals surface area (Å²) in [6.45, 7) is 1.84. The second-order valence-corrected chi connectivity index (χ2v) is 7.94. The minimum absolute atomic E-state index is 0.344. The first-order chi connectivity index (χ1) is 13.3. The Hall–Kier alpha value is -2.48. The lowest BCUT2D eigenvalue weighted by Crippen LogP contribution is -2.43. The third-order valence-corrected chi connectivity index (χ3v) is 5.97. The lowest BCUT2D eigenvalue weighted by atomic mass is 9.96. The van der Waals surface area contributed by atoms with Gasteiger partial charge in [-0.3, -0.25) is 4.72 Å². The Morgan fingerprint density at radius 3 is 2.81 bits per heavy atom. The van der Waals surface area contributed by atoms with Crippen LogP contribution < -0.4 is 9.62 Å². The predicted octanol–water partition coefficient (Wildman–Crippen LogP) is 4.96. The van der Waals surface area contributed by atoms with E-state index in [0.29, 0.717) is 6.04 Å². The second kappa shape index (κ2) is 8.47. The van der Waals surface area contributed by atoms with Crippen LogP contribution in [0.25, 0.3) is 0 Å². The highest BCUT2D eigenvalue weighted by molar-refractivity contribution is 8.01. The maximum atomic E-state index is 9.28. The van der Waals surface area contributed by atoms with Crippen LogP contribution in [0.2, 0.25) is 0 Å². The zero-order chi connectivity index (χ0) is 18.5. The number of fused-ring (bicyclic) bond motifs is 1. The predicted molar refractivity (Wildman–Crippen MR) is 113 cm³/mol. The number of nitrogens with zero attached hydrogens (tertiary/aromatic N) is 2. The molecule has 2 aromatic rings. The Balaban J connectivity index is 1.53. The summed E-state index contributed by atoms with van der Waals surface area (Å²) in [5, 5.41) is 9.28. The molecule has 1 N–H and O–H groups in total. The first-order valence-corrected chi connectivity index (χ1v) is 10.2. The zero-order valence-corrected chi connectivity index (χ0v) is 16.1. The molecule has 1 aliphatic carbocycles. The van der Waals surface area contributed by atoms with Gasteiger partial charge in [-0.25, -0.2) is 0 Å². The molecule has 0 fully saturated rings. The van der Waals surface area contributed by atoms with Crippen molar-refractivity contribution in [1.29, 1.82) is 5.26 Å². The van der Waals surface area contributed by atoms with Gasteiger partial charge >= 0.3 is 0 Å². The summed E-state index contributed by atoms with van der Waals surface area (Å²) in [6.07, 6.45) is 9.95. The Bertz CT molecular complexity index is 896. The van der Waals surface area contributed by atoms with Gasteiger partial charge in [-0.2, -0.15) is 5.26 Å². The summed E-state index contributed by atoms with van der Waals surface area (Å²) >= 11 is 1.73. The lowest BCUT2D eigenvalue weighted by Gasteiger charge is -2.36. The van der Waals surface area contributed by atoms with Crippen molar-refractivity contribution in [2.75, 3.05) is 11.4 Å². The van der Waals surface area contributed by atoms with E-state index in [9.17, 15) is 5.26 Å². The van der Waals surface area contributed by atoms with Gasteiger partial charge in [-0.05, 0) is 60.5 Å². The Kier molecular flexibility index (Phi) is 5.62. The topological polar surface area (TPSA) is 39.1 Å². The van der Waals surface area contributed by atoms with Crippen LogP contribution in [0.4, 0.5) is 5.69 Å². The smallest absolute Gasteiger partial charge is 0.0991 e. The summed E-state index contributed by atoms with van der Waals surface area (Å²) in [7, 11) is 0. The highest BCUT2D eigenvalue weighted by Gasteiger charge is 2.25. The quantitative estimate of drug-likeness (QED) is 0.752. The number of nitrogens with one attached hydrogen (secondary N) is 1. The van der Waals surface area contributed by atoms with Gasteiger partial charge in [-0.1, -0.05) is 48.6 Å². The van der Waals surface area contributed by atoms with Crippen LogP contribution in [0.1, 0.15) is 29.5 Å². The van der Waals surface area contributed by atoms with Gasteiger partial charge < -0.3 is 4.90 Å². The molecular formula is C23H23N3S. The van der Waals surface area contributed by atoms with Crippen LogP contribution in [-0.2, 0) is 13.0 Å². The minimum Gasteiger partial charge on any atom is -0.365 e. The van der Waals surface area contributed by atoms with E-state index in [4.69, 9.17) is 0 Å². The van der Waals surface area contributed by atoms with Crippen LogP contribution >= 0.6 is 11.9 Å². The summed E-state index contributed by atoms with van der Waals surface area (Å²) in [4.78, 5) is 3.73. The third kappa shape index (κ3) is 4.44. The maximum absolute atomic E-state index is 9.28. The van der Waals surface area contributed by atoms with Gasteiger partial charge in [0.05, 0.1) is 11.6 Å². The summed E-state index contributed by atoms with van der Waals surface area (Å²) in [5.41, 5.74) is 4.54. The van der Waals surface area contributed by atoms with Crippen molar-refractivity contribution in [2.24, 2.45) is 0 Å². The molecule has 1 atom stereocenters. The van der Waals surface area contributed by atoms with E-state index >= 15 is 0 Å². The van der Waals surface area contributed by atoms with E-state index in [2.05, 4.69) is 70.3 Å². The molecule has 0 amide bonds. The van der Waals surface area contributed by atoms with Crippen molar-refractivity contribution in [2.45, 2.75) is 31.8 Å². The fourth-order valence-electron chi connectivity index (χ4n) is 3.67. The molecule has 0 spiro atoms. The highest BCUT2D eigenvalue weighted by Crippen LogP contribution is 2.31. The monoisotopic (exact) mass is 373 g/mol. The van der Waals surface area contributed by atoms with E-state index in [-0.39, 0.29) is 0 Å². The largest absolute Gasteiger partial charge is 0.365 e. The molecule has 0 radical (unpaired) electrons. The number of allylic oxidation sites excluding steroid dienone is 3. The van der Waals surface area contributed by atoms with Gasteiger partial charge in [-0.15, -0.1) is 0 Å². The van der Waals surface area contributed by atoms with E-state index in [1.165, 1.54) is 21.7 Å². The zero-order valence-electron chi connectivity index (χ0n) is 15.3. The molecule has 27 heavy (non-hydrogen) atoms. The molecule has 0 saturated heterocycles. The SMILES string of the molecule is N#Cc1ccc2c(c1)CC(NSC1=CCCC=C1)CN2Cc1ccccc1. The van der Waals surface area contributed by atoms with Crippen LogP contribution in [-0.4, -0.2) is 12.6 Å². The minimum atomic E-state index is 0.344. The molecule has 4 heteroatoms. The molecule has 2 aromatic carbocycles. The lowest BCUT2D eigenvalue weighted by molar-refractivity contribution is 0.571. The van der Waals surface area contributed by atoms with E-state index in [0.717, 1.165) is 37.9 Å². The Morgan fingerprint density at radius 2 is 2.04 bits per heavy atom. The van der Waals surface area contributed by atoms with Crippen molar-refractivity contribution in [1.82, 2.24) is 4.72 Å². The number of hydrogen-bond donors (Lipinski definition) is 1. The Morgan fingerprint density at radius 1 is 1.15 bits per heavy atom. The Labute approximate surface area is 165 Å². The molecule has 2 aliphatic rings. The summed E-state index contributed by atoms with van der Waals surface area (Å²) < 4.78 is 3.66. The van der Waals surface area contributed by atoms with Crippen molar-refractivity contribution < 1.29 is 0 Å². The molecule has 0 aromatic heterocycles. The standard InChI is InChI=1S/C23H23N3S/c24-15-19-11-12-23-20(13-19)14-21(25-27-22-9-5-2-6-10-22)17-26(23)16-18-7-3-1-4-8-18/h1,3-5,7-13,21,25H,2,6,14,16-17H2. The molecule has 3 nitrogen and oxygen atoms in total. The van der Waals surface area contributed by atoms with Gasteiger partial charge in [0.1, 0.15) is 0 Å². The number of rotatable bonds is 5. The third-order valence-electron chi connectivity index (χ3n) is 4.98. The number of nitriles is 1. The van der Waals surface area contributed by atoms with Gasteiger partial charge in [0, 0.05) is 29.7 Å². The normalized spacial score (nSPS) is 18.6. The van der Waals surface area contributed by atoms with E-state index in [1.807, 2.05) is 12.1 Å². The van der Waals surface area contributed by atoms with Crippen molar-refractivity contribution in [3.8, 4) is 6.07 Å². The van der Waals surface area contributed by atoms with Crippen molar-refractivity contribution in [3.05, 3.63) is 88.4 Å². The fourth-order valence-corrected chi connectivity index (χ4v) is 4.50. The molecule has 4 rings (SSSR count). The molecule has 1 unspecified atom stereocenters. The molecule has 0 bridgehead atoms. The van der Waals surface area contributed by atoms with Gasteiger partial charge in [0.25, 0.3) is 0 Å². The van der Waals surface area contributed by atoms with Crippen LogP contribution in [0, 0.1) is 11.3 Å². The first kappa shape index (κ1) is 17.9. The second-order valence-electron chi connectivity index (χ2n) is 7.03. The number of benzene rings is 2. The van der Waals surface area contributed by atoms with Gasteiger partial charge in [0.2, 0.25) is 0 Å². The van der Waals surface area contributed by atoms with Crippen LogP contribution in [0.5, 0.6) is 0 Å². The highest BCUT2D eigenvalue weighted by atomic mass is 32.2. The first-order valence-electron chi connectivity index (χ1n) is 9.43. The van der Waals surface area contributed by atoms with E-state index < -0.39 is 0 Å². The maximum Gasteiger partial charge on any atom is 0.0991 e. The molecule has 1 aliphatic heterocycles. The van der Waals surface area contributed by atoms with E-state index in [1.54, 1.807) is 11.9 Å². The average molecular weight is 374 g/mol. The van der Waals surface area contributed by atoms with Crippen molar-refractivity contribution in [3.63, 3.8) is 0 Å². The summed E-state index contributed by atoms with van der Waals surface area (Å²) in [5.74, 6) is 0. The van der Waals surface area contributed by atoms with Crippen LogP contribution in [0.15, 0.2) is 71.7 Å². The van der Waals surface area contributed by atoms with Crippen molar-refractivity contribution >= 4 is 17.6 Å². The van der Waals surface area contributed by atoms with Crippen LogP contribution in [0.3, 0.4) is 0 Å².